The van der Waals surface area contributed by atoms with E-state index in [1.54, 1.807) is 0 Å². The van der Waals surface area contributed by atoms with E-state index in [1.807, 2.05) is 0 Å². The maximum atomic E-state index is 6.53. The topological polar surface area (TPSA) is 9.23 Å². The minimum absolute atomic E-state index is 0.121. The summed E-state index contributed by atoms with van der Waals surface area (Å²) in [5.41, 5.74) is 2.55. The van der Waals surface area contributed by atoms with E-state index in [0.717, 1.165) is 12.2 Å². The van der Waals surface area contributed by atoms with Crippen molar-refractivity contribution in [3.05, 3.63) is 29.3 Å². The van der Waals surface area contributed by atoms with Crippen molar-refractivity contribution in [2.75, 3.05) is 0 Å². The smallest absolute Gasteiger partial charge is 0.123 e. The quantitative estimate of drug-likeness (QED) is 0.704. The monoisotopic (exact) mass is 252 g/mol. The molecule has 1 heterocycles. The van der Waals surface area contributed by atoms with Crippen LogP contribution in [-0.2, 0) is 6.42 Å². The predicted octanol–water partition coefficient (Wildman–Crippen LogP) is 4.73. The molecule has 0 spiro atoms. The standard InChI is InChI=1S/C15H21ClO/c1-4-5-10(2)15(16)12-6-7-14-13(9-12)8-11(3)17-14/h6-7,9-11,15H,4-5,8H2,1-3H3. The summed E-state index contributed by atoms with van der Waals surface area (Å²) in [6, 6.07) is 6.41. The van der Waals surface area contributed by atoms with Crippen LogP contribution in [0, 0.1) is 5.92 Å². The van der Waals surface area contributed by atoms with Gasteiger partial charge in [0.15, 0.2) is 0 Å². The largest absolute Gasteiger partial charge is 0.490 e. The molecule has 2 rings (SSSR count). The van der Waals surface area contributed by atoms with Gasteiger partial charge in [0, 0.05) is 6.42 Å². The summed E-state index contributed by atoms with van der Waals surface area (Å²) in [4.78, 5) is 0. The fraction of sp³-hybridized carbons (Fsp3) is 0.600. The lowest BCUT2D eigenvalue weighted by atomic mass is 9.94. The van der Waals surface area contributed by atoms with Gasteiger partial charge in [-0.25, -0.2) is 0 Å². The van der Waals surface area contributed by atoms with Crippen LogP contribution in [0.25, 0.3) is 0 Å². The van der Waals surface area contributed by atoms with Gasteiger partial charge in [-0.3, -0.25) is 0 Å². The van der Waals surface area contributed by atoms with E-state index in [-0.39, 0.29) is 5.38 Å². The van der Waals surface area contributed by atoms with Crippen molar-refractivity contribution in [3.8, 4) is 5.75 Å². The fourth-order valence-corrected chi connectivity index (χ4v) is 2.81. The van der Waals surface area contributed by atoms with Gasteiger partial charge in [0.1, 0.15) is 11.9 Å². The Bertz CT molecular complexity index is 389. The molecule has 1 nitrogen and oxygen atoms in total. The van der Waals surface area contributed by atoms with Crippen LogP contribution < -0.4 is 4.74 Å². The molecule has 1 aromatic rings. The average molecular weight is 253 g/mol. The van der Waals surface area contributed by atoms with Crippen LogP contribution in [0.2, 0.25) is 0 Å². The van der Waals surface area contributed by atoms with E-state index in [2.05, 4.69) is 39.0 Å². The van der Waals surface area contributed by atoms with Crippen LogP contribution in [0.4, 0.5) is 0 Å². The summed E-state index contributed by atoms with van der Waals surface area (Å²) in [5.74, 6) is 1.56. The highest BCUT2D eigenvalue weighted by Crippen LogP contribution is 2.36. The van der Waals surface area contributed by atoms with E-state index in [0.29, 0.717) is 12.0 Å². The zero-order chi connectivity index (χ0) is 12.4. The van der Waals surface area contributed by atoms with Gasteiger partial charge in [-0.15, -0.1) is 11.6 Å². The molecule has 0 fully saturated rings. The molecule has 3 atom stereocenters. The van der Waals surface area contributed by atoms with E-state index in [1.165, 1.54) is 24.0 Å². The Morgan fingerprint density at radius 1 is 1.47 bits per heavy atom. The number of rotatable bonds is 4. The molecule has 3 unspecified atom stereocenters. The lowest BCUT2D eigenvalue weighted by Crippen LogP contribution is -2.05. The number of hydrogen-bond acceptors (Lipinski definition) is 1. The highest BCUT2D eigenvalue weighted by molar-refractivity contribution is 6.21. The first-order chi connectivity index (χ1) is 8.11. The van der Waals surface area contributed by atoms with Gasteiger partial charge >= 0.3 is 0 Å². The van der Waals surface area contributed by atoms with Crippen molar-refractivity contribution in [1.29, 1.82) is 0 Å². The number of hydrogen-bond donors (Lipinski definition) is 0. The zero-order valence-electron chi connectivity index (χ0n) is 10.9. The third-order valence-corrected chi connectivity index (χ3v) is 4.16. The van der Waals surface area contributed by atoms with Gasteiger partial charge in [0.05, 0.1) is 5.38 Å². The molecule has 0 amide bonds. The highest BCUT2D eigenvalue weighted by atomic mass is 35.5. The molecule has 0 saturated carbocycles. The first kappa shape index (κ1) is 12.8. The Morgan fingerprint density at radius 2 is 2.24 bits per heavy atom. The van der Waals surface area contributed by atoms with Crippen LogP contribution in [0.5, 0.6) is 5.75 Å². The first-order valence-electron chi connectivity index (χ1n) is 6.55. The average Bonchev–Trinajstić information content (AvgIpc) is 2.67. The Labute approximate surface area is 109 Å². The van der Waals surface area contributed by atoms with Crippen molar-refractivity contribution >= 4 is 11.6 Å². The van der Waals surface area contributed by atoms with Gasteiger partial charge in [0.25, 0.3) is 0 Å². The van der Waals surface area contributed by atoms with Crippen LogP contribution in [0.15, 0.2) is 18.2 Å². The van der Waals surface area contributed by atoms with Gasteiger partial charge in [-0.1, -0.05) is 32.4 Å². The summed E-state index contributed by atoms with van der Waals surface area (Å²) in [6.45, 7) is 6.55. The number of halogens is 1. The molecule has 0 N–H and O–H groups in total. The van der Waals surface area contributed by atoms with Gasteiger partial charge in [0.2, 0.25) is 0 Å². The SMILES string of the molecule is CCCC(C)C(Cl)c1ccc2c(c1)CC(C)O2. The molecule has 94 valence electrons. The number of alkyl halides is 1. The number of benzene rings is 1. The van der Waals surface area contributed by atoms with E-state index < -0.39 is 0 Å². The second kappa shape index (κ2) is 5.30. The van der Waals surface area contributed by atoms with Crippen molar-refractivity contribution < 1.29 is 4.74 Å². The molecule has 0 aliphatic carbocycles. The summed E-state index contributed by atoms with van der Waals surface area (Å²) in [5, 5.41) is 0.121. The van der Waals surface area contributed by atoms with Crippen LogP contribution in [-0.4, -0.2) is 6.10 Å². The zero-order valence-corrected chi connectivity index (χ0v) is 11.6. The Hall–Kier alpha value is -0.690. The molecule has 0 aromatic heterocycles. The molecular formula is C15H21ClO. The molecule has 1 aromatic carbocycles. The first-order valence-corrected chi connectivity index (χ1v) is 6.99. The molecule has 0 saturated heterocycles. The van der Waals surface area contributed by atoms with E-state index >= 15 is 0 Å². The molecule has 2 heteroatoms. The second-order valence-electron chi connectivity index (χ2n) is 5.17. The van der Waals surface area contributed by atoms with Crippen LogP contribution in [0.1, 0.15) is 50.1 Å². The van der Waals surface area contributed by atoms with Crippen molar-refractivity contribution in [2.24, 2.45) is 5.92 Å². The summed E-state index contributed by atoms with van der Waals surface area (Å²) in [6.07, 6.45) is 3.69. The predicted molar refractivity (Wildman–Crippen MR) is 72.9 cm³/mol. The minimum Gasteiger partial charge on any atom is -0.490 e. The van der Waals surface area contributed by atoms with Crippen molar-refractivity contribution in [1.82, 2.24) is 0 Å². The lowest BCUT2D eigenvalue weighted by Gasteiger charge is -2.18. The van der Waals surface area contributed by atoms with E-state index in [4.69, 9.17) is 16.3 Å². The van der Waals surface area contributed by atoms with Crippen LogP contribution in [0.3, 0.4) is 0 Å². The lowest BCUT2D eigenvalue weighted by molar-refractivity contribution is 0.254. The third kappa shape index (κ3) is 2.77. The second-order valence-corrected chi connectivity index (χ2v) is 5.64. The number of fused-ring (bicyclic) bond motifs is 1. The van der Waals surface area contributed by atoms with Crippen molar-refractivity contribution in [2.45, 2.75) is 51.5 Å². The Balaban J connectivity index is 2.15. The fourth-order valence-electron chi connectivity index (χ4n) is 2.54. The third-order valence-electron chi connectivity index (χ3n) is 3.48. The van der Waals surface area contributed by atoms with E-state index in [9.17, 15) is 0 Å². The van der Waals surface area contributed by atoms with Gasteiger partial charge in [-0.05, 0) is 36.5 Å². The molecule has 0 bridgehead atoms. The van der Waals surface area contributed by atoms with Gasteiger partial charge in [-0.2, -0.15) is 0 Å². The minimum atomic E-state index is 0.121. The van der Waals surface area contributed by atoms with Crippen LogP contribution >= 0.6 is 11.6 Å². The summed E-state index contributed by atoms with van der Waals surface area (Å²) in [7, 11) is 0. The maximum Gasteiger partial charge on any atom is 0.123 e. The molecular weight excluding hydrogens is 232 g/mol. The summed E-state index contributed by atoms with van der Waals surface area (Å²) < 4.78 is 5.71. The highest BCUT2D eigenvalue weighted by Gasteiger charge is 2.22. The Morgan fingerprint density at radius 3 is 2.94 bits per heavy atom. The van der Waals surface area contributed by atoms with Gasteiger partial charge < -0.3 is 4.74 Å². The molecule has 1 aliphatic heterocycles. The molecule has 17 heavy (non-hydrogen) atoms. The van der Waals surface area contributed by atoms with Crippen molar-refractivity contribution in [3.63, 3.8) is 0 Å². The Kier molecular flexibility index (Phi) is 3.98. The normalized spacial score (nSPS) is 21.8. The molecule has 1 aliphatic rings. The maximum absolute atomic E-state index is 6.53. The summed E-state index contributed by atoms with van der Waals surface area (Å²) >= 11 is 6.53. The number of ether oxygens (including phenoxy) is 1. The molecule has 0 radical (unpaired) electrons.